The fourth-order valence-electron chi connectivity index (χ4n) is 1.68. The monoisotopic (exact) mass is 206 g/mol. The van der Waals surface area contributed by atoms with E-state index in [-0.39, 0.29) is 6.10 Å². The zero-order chi connectivity index (χ0) is 10.3. The van der Waals surface area contributed by atoms with Crippen LogP contribution >= 0.6 is 0 Å². The molecular formula is C8H14O6. The van der Waals surface area contributed by atoms with Gasteiger partial charge in [0.1, 0.15) is 36.6 Å². The molecule has 14 heavy (non-hydrogen) atoms. The number of ether oxygens (including phenoxy) is 2. The van der Waals surface area contributed by atoms with Crippen LogP contribution in [0.1, 0.15) is 0 Å². The Labute approximate surface area is 80.7 Å². The Morgan fingerprint density at radius 3 is 2.21 bits per heavy atom. The summed E-state index contributed by atoms with van der Waals surface area (Å²) >= 11 is 0. The largest absolute Gasteiger partial charge is 0.394 e. The topological polar surface area (TPSA) is 103 Å². The summed E-state index contributed by atoms with van der Waals surface area (Å²) in [6, 6.07) is 0. The first kappa shape index (κ1) is 10.3. The zero-order valence-electron chi connectivity index (χ0n) is 7.48. The summed E-state index contributed by atoms with van der Waals surface area (Å²) in [6.45, 7) is 0.0802. The van der Waals surface area contributed by atoms with Crippen LogP contribution in [-0.4, -0.2) is 70.3 Å². The molecule has 0 amide bonds. The second-order valence-electron chi connectivity index (χ2n) is 3.67. The Hall–Kier alpha value is -0.240. The van der Waals surface area contributed by atoms with Crippen molar-refractivity contribution < 1.29 is 29.9 Å². The lowest BCUT2D eigenvalue weighted by atomic mass is 9.94. The molecule has 6 nitrogen and oxygen atoms in total. The van der Waals surface area contributed by atoms with E-state index >= 15 is 0 Å². The van der Waals surface area contributed by atoms with Crippen molar-refractivity contribution in [1.82, 2.24) is 0 Å². The second kappa shape index (κ2) is 3.73. The van der Waals surface area contributed by atoms with Crippen molar-refractivity contribution in [3.05, 3.63) is 0 Å². The molecule has 0 aromatic heterocycles. The minimum atomic E-state index is -1.30. The molecule has 0 radical (unpaired) electrons. The minimum absolute atomic E-state index is 0.235. The summed E-state index contributed by atoms with van der Waals surface area (Å²) in [4.78, 5) is 0. The predicted octanol–water partition coefficient (Wildman–Crippen LogP) is -2.77. The van der Waals surface area contributed by atoms with E-state index < -0.39 is 37.1 Å². The van der Waals surface area contributed by atoms with E-state index in [4.69, 9.17) is 14.6 Å². The van der Waals surface area contributed by atoms with Gasteiger partial charge in [0.15, 0.2) is 0 Å². The lowest BCUT2D eigenvalue weighted by Crippen LogP contribution is -2.59. The molecule has 0 aromatic carbocycles. The molecule has 2 saturated heterocycles. The number of aliphatic hydroxyl groups excluding tert-OH is 4. The molecule has 0 bridgehead atoms. The molecule has 2 aliphatic rings. The van der Waals surface area contributed by atoms with Crippen molar-refractivity contribution in [2.24, 2.45) is 0 Å². The maximum atomic E-state index is 9.53. The summed E-state index contributed by atoms with van der Waals surface area (Å²) in [6.07, 6.45) is -5.48. The maximum absolute atomic E-state index is 9.53. The number of rotatable bonds is 2. The second-order valence-corrected chi connectivity index (χ2v) is 3.67. The fraction of sp³-hybridized carbons (Fsp3) is 1.00. The lowest BCUT2D eigenvalue weighted by Gasteiger charge is -2.39. The average molecular weight is 206 g/mol. The zero-order valence-corrected chi connectivity index (χ0v) is 7.48. The Morgan fingerprint density at radius 2 is 1.71 bits per heavy atom. The third-order valence-corrected chi connectivity index (χ3v) is 2.65. The van der Waals surface area contributed by atoms with Crippen molar-refractivity contribution in [2.45, 2.75) is 36.6 Å². The van der Waals surface area contributed by atoms with Crippen molar-refractivity contribution in [3.63, 3.8) is 0 Å². The molecule has 0 spiro atoms. The van der Waals surface area contributed by atoms with Gasteiger partial charge in [0.25, 0.3) is 0 Å². The first-order valence-electron chi connectivity index (χ1n) is 4.57. The van der Waals surface area contributed by atoms with Gasteiger partial charge in [-0.15, -0.1) is 0 Å². The molecule has 6 heteroatoms. The highest BCUT2D eigenvalue weighted by Gasteiger charge is 2.49. The quantitative estimate of drug-likeness (QED) is 0.365. The van der Waals surface area contributed by atoms with E-state index in [2.05, 4.69) is 0 Å². The van der Waals surface area contributed by atoms with Gasteiger partial charge in [-0.2, -0.15) is 0 Å². The van der Waals surface area contributed by atoms with Crippen molar-refractivity contribution in [2.75, 3.05) is 13.2 Å². The van der Waals surface area contributed by atoms with E-state index in [9.17, 15) is 15.3 Å². The third-order valence-electron chi connectivity index (χ3n) is 2.65. The average Bonchev–Trinajstić information content (AvgIpc) is 2.98. The highest BCUT2D eigenvalue weighted by Crippen LogP contribution is 2.29. The van der Waals surface area contributed by atoms with Crippen LogP contribution in [0.3, 0.4) is 0 Å². The summed E-state index contributed by atoms with van der Waals surface area (Å²) in [5.41, 5.74) is 0. The van der Waals surface area contributed by atoms with Crippen molar-refractivity contribution in [1.29, 1.82) is 0 Å². The summed E-state index contributed by atoms with van der Waals surface area (Å²) < 4.78 is 10.2. The van der Waals surface area contributed by atoms with Gasteiger partial charge in [-0.1, -0.05) is 0 Å². The number of hydrogen-bond donors (Lipinski definition) is 4. The Morgan fingerprint density at radius 1 is 1.07 bits per heavy atom. The van der Waals surface area contributed by atoms with Gasteiger partial charge in [-0.25, -0.2) is 0 Å². The molecule has 1 unspecified atom stereocenters. The summed E-state index contributed by atoms with van der Waals surface area (Å²) in [7, 11) is 0. The SMILES string of the molecule is OC[C@H]1O[C@@H](C2CO2)[C@H](O)[C@@H](O)[C@@H]1O. The van der Waals surface area contributed by atoms with Crippen LogP contribution in [0.15, 0.2) is 0 Å². The molecule has 0 aliphatic carbocycles. The molecule has 2 heterocycles. The molecule has 6 atom stereocenters. The Balaban J connectivity index is 2.05. The molecule has 2 fully saturated rings. The molecular weight excluding hydrogens is 192 g/mol. The normalized spacial score (nSPS) is 53.1. The Bertz CT molecular complexity index is 204. The molecule has 82 valence electrons. The van der Waals surface area contributed by atoms with Crippen LogP contribution in [0.5, 0.6) is 0 Å². The van der Waals surface area contributed by atoms with Crippen LogP contribution in [0.4, 0.5) is 0 Å². The van der Waals surface area contributed by atoms with Gasteiger partial charge in [0.05, 0.1) is 13.2 Å². The number of epoxide rings is 1. The first-order valence-corrected chi connectivity index (χ1v) is 4.57. The van der Waals surface area contributed by atoms with Gasteiger partial charge in [-0.3, -0.25) is 0 Å². The Kier molecular flexibility index (Phi) is 2.74. The van der Waals surface area contributed by atoms with Crippen molar-refractivity contribution in [3.8, 4) is 0 Å². The lowest BCUT2D eigenvalue weighted by molar-refractivity contribution is -0.232. The fourth-order valence-corrected chi connectivity index (χ4v) is 1.68. The van der Waals surface area contributed by atoms with Gasteiger partial charge in [0, 0.05) is 0 Å². The first-order chi connectivity index (χ1) is 6.65. The third kappa shape index (κ3) is 1.65. The van der Waals surface area contributed by atoms with Gasteiger partial charge >= 0.3 is 0 Å². The van der Waals surface area contributed by atoms with Crippen LogP contribution in [-0.2, 0) is 9.47 Å². The van der Waals surface area contributed by atoms with E-state index in [1.807, 2.05) is 0 Å². The van der Waals surface area contributed by atoms with Gasteiger partial charge < -0.3 is 29.9 Å². The molecule has 0 aromatic rings. The number of aliphatic hydroxyl groups is 4. The number of hydrogen-bond acceptors (Lipinski definition) is 6. The predicted molar refractivity (Wildman–Crippen MR) is 43.5 cm³/mol. The summed E-state index contributed by atoms with van der Waals surface area (Å²) in [5, 5.41) is 37.2. The maximum Gasteiger partial charge on any atom is 0.115 e. The smallest absolute Gasteiger partial charge is 0.115 e. The molecule has 4 N–H and O–H groups in total. The minimum Gasteiger partial charge on any atom is -0.394 e. The van der Waals surface area contributed by atoms with Crippen LogP contribution in [0.25, 0.3) is 0 Å². The summed E-state index contributed by atoms with van der Waals surface area (Å²) in [5.74, 6) is 0. The van der Waals surface area contributed by atoms with E-state index in [1.165, 1.54) is 0 Å². The van der Waals surface area contributed by atoms with Gasteiger partial charge in [0.2, 0.25) is 0 Å². The van der Waals surface area contributed by atoms with Gasteiger partial charge in [-0.05, 0) is 0 Å². The molecule has 2 rings (SSSR count). The standard InChI is InChI=1S/C8H14O6/c9-1-3-5(10)6(11)7(12)8(14-3)4-2-13-4/h3-12H,1-2H2/t3-,4?,5-,6+,7-,8+/m1/s1. The van der Waals surface area contributed by atoms with Crippen LogP contribution in [0.2, 0.25) is 0 Å². The highest BCUT2D eigenvalue weighted by molar-refractivity contribution is 4.97. The van der Waals surface area contributed by atoms with E-state index in [1.54, 1.807) is 0 Å². The van der Waals surface area contributed by atoms with Crippen LogP contribution < -0.4 is 0 Å². The van der Waals surface area contributed by atoms with E-state index in [0.717, 1.165) is 0 Å². The highest BCUT2D eigenvalue weighted by atomic mass is 16.6. The van der Waals surface area contributed by atoms with Crippen LogP contribution in [0, 0.1) is 0 Å². The molecule has 2 aliphatic heterocycles. The van der Waals surface area contributed by atoms with Crippen molar-refractivity contribution >= 4 is 0 Å². The molecule has 0 saturated carbocycles. The van der Waals surface area contributed by atoms with E-state index in [0.29, 0.717) is 6.61 Å².